The lowest BCUT2D eigenvalue weighted by Gasteiger charge is -2.32. The maximum absolute atomic E-state index is 12.7. The second-order valence-electron chi connectivity index (χ2n) is 7.68. The highest BCUT2D eigenvalue weighted by Gasteiger charge is 2.27. The molecule has 9 nitrogen and oxygen atoms in total. The third-order valence-electron chi connectivity index (χ3n) is 5.62. The van der Waals surface area contributed by atoms with E-state index in [2.05, 4.69) is 25.3 Å². The Hall–Kier alpha value is -3.62. The molecule has 2 aliphatic rings. The number of piperidine rings is 1. The molecule has 4 heterocycles. The highest BCUT2D eigenvalue weighted by Crippen LogP contribution is 2.33. The number of carbonyl (C=O) groups excluding carboxylic acids is 1. The minimum atomic E-state index is -0.0233. The zero-order valence-electron chi connectivity index (χ0n) is 17.2. The molecular weight excluding hydrogens is 398 g/mol. The largest absolute Gasteiger partial charge is 0.454 e. The number of nitrogens with zero attached hydrogens (tertiary/aromatic N) is 4. The molecule has 160 valence electrons. The zero-order valence-corrected chi connectivity index (χ0v) is 17.2. The number of amides is 1. The average molecular weight is 421 g/mol. The number of fused-ring (bicyclic) bond motifs is 1. The molecule has 0 bridgehead atoms. The lowest BCUT2D eigenvalue weighted by atomic mass is 9.95. The predicted octanol–water partition coefficient (Wildman–Crippen LogP) is 2.70. The number of carbonyl (C=O) groups is 1. The van der Waals surface area contributed by atoms with Crippen molar-refractivity contribution in [3.05, 3.63) is 48.0 Å². The first-order valence-corrected chi connectivity index (χ1v) is 10.3. The fourth-order valence-corrected chi connectivity index (χ4v) is 3.97. The van der Waals surface area contributed by atoms with E-state index < -0.39 is 0 Å². The SMILES string of the molecule is Cc1nc(-c2cccnc2N2CCC(C(=O)NCc3ccc4c(c3)OCO4)CC2)no1. The average Bonchev–Trinajstić information content (AvgIpc) is 3.46. The Kier molecular flexibility index (Phi) is 5.15. The number of ether oxygens (including phenoxy) is 2. The van der Waals surface area contributed by atoms with E-state index in [9.17, 15) is 4.79 Å². The molecule has 0 spiro atoms. The van der Waals surface area contributed by atoms with Crippen LogP contribution in [0.25, 0.3) is 11.4 Å². The molecule has 0 atom stereocenters. The normalized spacial score (nSPS) is 15.8. The molecule has 5 rings (SSSR count). The summed E-state index contributed by atoms with van der Waals surface area (Å²) in [4.78, 5) is 23.8. The van der Waals surface area contributed by atoms with Gasteiger partial charge in [-0.05, 0) is 42.7 Å². The number of anilines is 1. The van der Waals surface area contributed by atoms with Gasteiger partial charge in [0, 0.05) is 38.7 Å². The number of rotatable bonds is 5. The van der Waals surface area contributed by atoms with Gasteiger partial charge in [0.25, 0.3) is 0 Å². The van der Waals surface area contributed by atoms with Gasteiger partial charge in [0.15, 0.2) is 11.5 Å². The number of hydrogen-bond acceptors (Lipinski definition) is 8. The maximum Gasteiger partial charge on any atom is 0.231 e. The van der Waals surface area contributed by atoms with Gasteiger partial charge in [-0.2, -0.15) is 4.98 Å². The summed E-state index contributed by atoms with van der Waals surface area (Å²) in [6.07, 6.45) is 3.28. The molecule has 0 aliphatic carbocycles. The van der Waals surface area contributed by atoms with Crippen molar-refractivity contribution in [1.82, 2.24) is 20.4 Å². The first kappa shape index (κ1) is 19.3. The van der Waals surface area contributed by atoms with Gasteiger partial charge in [-0.15, -0.1) is 0 Å². The third kappa shape index (κ3) is 4.03. The number of pyridine rings is 1. The van der Waals surface area contributed by atoms with E-state index in [1.807, 2.05) is 30.3 Å². The second-order valence-corrected chi connectivity index (χ2v) is 7.68. The van der Waals surface area contributed by atoms with Gasteiger partial charge in [0.1, 0.15) is 5.82 Å². The number of aromatic nitrogens is 3. The van der Waals surface area contributed by atoms with Gasteiger partial charge in [0.05, 0.1) is 5.56 Å². The van der Waals surface area contributed by atoms with Gasteiger partial charge >= 0.3 is 0 Å². The standard InChI is InChI=1S/C22H23N5O4/c1-14-25-20(26-31-14)17-3-2-8-23-21(17)27-9-6-16(7-10-27)22(28)24-12-15-4-5-18-19(11-15)30-13-29-18/h2-5,8,11,16H,6-7,9-10,12-13H2,1H3,(H,24,28). The molecule has 1 saturated heterocycles. The van der Waals surface area contributed by atoms with Gasteiger partial charge < -0.3 is 24.2 Å². The van der Waals surface area contributed by atoms with Crippen molar-refractivity contribution in [2.75, 3.05) is 24.8 Å². The molecule has 3 aromatic rings. The van der Waals surface area contributed by atoms with Crippen molar-refractivity contribution >= 4 is 11.7 Å². The minimum absolute atomic E-state index is 0.0233. The highest BCUT2D eigenvalue weighted by atomic mass is 16.7. The lowest BCUT2D eigenvalue weighted by molar-refractivity contribution is -0.125. The molecule has 1 aromatic carbocycles. The molecule has 1 N–H and O–H groups in total. The van der Waals surface area contributed by atoms with E-state index in [4.69, 9.17) is 14.0 Å². The Bertz CT molecular complexity index is 1090. The molecule has 31 heavy (non-hydrogen) atoms. The van der Waals surface area contributed by atoms with Crippen LogP contribution in [-0.4, -0.2) is 40.9 Å². The van der Waals surface area contributed by atoms with Crippen LogP contribution in [0.3, 0.4) is 0 Å². The molecule has 1 amide bonds. The topological polar surface area (TPSA) is 103 Å². The van der Waals surface area contributed by atoms with E-state index in [1.54, 1.807) is 13.1 Å². The van der Waals surface area contributed by atoms with E-state index in [0.717, 1.165) is 54.4 Å². The van der Waals surface area contributed by atoms with Crippen molar-refractivity contribution in [1.29, 1.82) is 0 Å². The molecule has 9 heteroatoms. The highest BCUT2D eigenvalue weighted by molar-refractivity contribution is 5.79. The Labute approximate surface area is 179 Å². The van der Waals surface area contributed by atoms with Crippen molar-refractivity contribution in [3.8, 4) is 22.9 Å². The Morgan fingerprint density at radius 2 is 2.03 bits per heavy atom. The lowest BCUT2D eigenvalue weighted by Crippen LogP contribution is -2.40. The molecule has 2 aromatic heterocycles. The summed E-state index contributed by atoms with van der Waals surface area (Å²) >= 11 is 0. The van der Waals surface area contributed by atoms with Crippen LogP contribution in [0, 0.1) is 12.8 Å². The van der Waals surface area contributed by atoms with Gasteiger partial charge in [-0.3, -0.25) is 4.79 Å². The Balaban J connectivity index is 1.19. The monoisotopic (exact) mass is 421 g/mol. The smallest absolute Gasteiger partial charge is 0.231 e. The second kappa shape index (κ2) is 8.25. The third-order valence-corrected chi connectivity index (χ3v) is 5.62. The molecule has 0 unspecified atom stereocenters. The molecule has 0 saturated carbocycles. The predicted molar refractivity (Wildman–Crippen MR) is 112 cm³/mol. The molecule has 0 radical (unpaired) electrons. The fourth-order valence-electron chi connectivity index (χ4n) is 3.97. The van der Waals surface area contributed by atoms with Crippen LogP contribution in [0.1, 0.15) is 24.3 Å². The van der Waals surface area contributed by atoms with Crippen LogP contribution in [0.5, 0.6) is 11.5 Å². The summed E-state index contributed by atoms with van der Waals surface area (Å²) in [7, 11) is 0. The quantitative estimate of drug-likeness (QED) is 0.671. The van der Waals surface area contributed by atoms with E-state index in [-0.39, 0.29) is 18.6 Å². The summed E-state index contributed by atoms with van der Waals surface area (Å²) in [6.45, 7) is 3.96. The summed E-state index contributed by atoms with van der Waals surface area (Å²) in [5, 5.41) is 7.08. The van der Waals surface area contributed by atoms with Gasteiger partial charge in [-0.1, -0.05) is 11.2 Å². The molecule has 2 aliphatic heterocycles. The van der Waals surface area contributed by atoms with Crippen LogP contribution in [0.2, 0.25) is 0 Å². The van der Waals surface area contributed by atoms with Crippen LogP contribution >= 0.6 is 0 Å². The van der Waals surface area contributed by atoms with Crippen LogP contribution in [0.15, 0.2) is 41.1 Å². The van der Waals surface area contributed by atoms with Crippen molar-refractivity contribution in [3.63, 3.8) is 0 Å². The summed E-state index contributed by atoms with van der Waals surface area (Å²) in [6, 6.07) is 9.53. The fraction of sp³-hybridized carbons (Fsp3) is 0.364. The van der Waals surface area contributed by atoms with Gasteiger partial charge in [0.2, 0.25) is 24.4 Å². The van der Waals surface area contributed by atoms with E-state index in [0.29, 0.717) is 18.3 Å². The number of benzene rings is 1. The number of aryl methyl sites for hydroxylation is 1. The van der Waals surface area contributed by atoms with Crippen LogP contribution < -0.4 is 19.7 Å². The first-order chi connectivity index (χ1) is 15.2. The molecular formula is C22H23N5O4. The maximum atomic E-state index is 12.7. The van der Waals surface area contributed by atoms with Crippen LogP contribution in [0.4, 0.5) is 5.82 Å². The summed E-state index contributed by atoms with van der Waals surface area (Å²) < 4.78 is 15.8. The van der Waals surface area contributed by atoms with E-state index >= 15 is 0 Å². The van der Waals surface area contributed by atoms with Crippen molar-refractivity contribution < 1.29 is 18.8 Å². The Morgan fingerprint density at radius 1 is 1.19 bits per heavy atom. The van der Waals surface area contributed by atoms with Crippen LogP contribution in [-0.2, 0) is 11.3 Å². The van der Waals surface area contributed by atoms with E-state index in [1.165, 1.54) is 0 Å². The van der Waals surface area contributed by atoms with Crippen molar-refractivity contribution in [2.24, 2.45) is 5.92 Å². The number of hydrogen-bond donors (Lipinski definition) is 1. The summed E-state index contributed by atoms with van der Waals surface area (Å²) in [5.74, 6) is 3.39. The zero-order chi connectivity index (χ0) is 21.2. The molecule has 1 fully saturated rings. The summed E-state index contributed by atoms with van der Waals surface area (Å²) in [5.41, 5.74) is 1.83. The number of nitrogens with one attached hydrogen (secondary N) is 1. The minimum Gasteiger partial charge on any atom is -0.454 e. The van der Waals surface area contributed by atoms with Crippen molar-refractivity contribution in [2.45, 2.75) is 26.3 Å². The Morgan fingerprint density at radius 3 is 2.84 bits per heavy atom. The first-order valence-electron chi connectivity index (χ1n) is 10.3. The van der Waals surface area contributed by atoms with Gasteiger partial charge in [-0.25, -0.2) is 4.98 Å².